The van der Waals surface area contributed by atoms with Crippen LogP contribution in [-0.2, 0) is 0 Å². The standard InChI is InChI=1S/C17H21BrN2O2.CH4/c1-13(14-7-4-3-5-8-14)22-16-11-15(18)12-20-17(16)21-10-6-9-19-2;/h3-5,7-8,11-13,19H,6,9-10H2,1-2H3;1H4. The second-order valence-electron chi connectivity index (χ2n) is 4.93. The average molecular weight is 381 g/mol. The predicted molar refractivity (Wildman–Crippen MR) is 98.2 cm³/mol. The minimum Gasteiger partial charge on any atom is -0.480 e. The number of nitrogens with zero attached hydrogens (tertiary/aromatic N) is 1. The quantitative estimate of drug-likeness (QED) is 0.679. The molecular formula is C18H25BrN2O2. The van der Waals surface area contributed by atoms with Crippen molar-refractivity contribution in [3.63, 3.8) is 0 Å². The molecule has 0 amide bonds. The molecule has 0 fully saturated rings. The lowest BCUT2D eigenvalue weighted by atomic mass is 10.1. The summed E-state index contributed by atoms with van der Waals surface area (Å²) in [5.41, 5.74) is 1.11. The molecule has 1 aromatic carbocycles. The van der Waals surface area contributed by atoms with Crippen LogP contribution in [0.15, 0.2) is 47.1 Å². The lowest BCUT2D eigenvalue weighted by molar-refractivity contribution is 0.203. The van der Waals surface area contributed by atoms with Crippen molar-refractivity contribution in [1.29, 1.82) is 0 Å². The number of aromatic nitrogens is 1. The number of hydrogen-bond donors (Lipinski definition) is 1. The third-order valence-corrected chi connectivity index (χ3v) is 3.60. The van der Waals surface area contributed by atoms with E-state index < -0.39 is 0 Å². The van der Waals surface area contributed by atoms with Crippen molar-refractivity contribution >= 4 is 15.9 Å². The second-order valence-corrected chi connectivity index (χ2v) is 5.85. The third kappa shape index (κ3) is 6.20. The first kappa shape index (κ1) is 19.5. The van der Waals surface area contributed by atoms with E-state index in [2.05, 4.69) is 26.2 Å². The van der Waals surface area contributed by atoms with Crippen molar-refractivity contribution in [1.82, 2.24) is 10.3 Å². The molecule has 1 N–H and O–H groups in total. The average Bonchev–Trinajstić information content (AvgIpc) is 2.54. The van der Waals surface area contributed by atoms with Crippen LogP contribution in [0.25, 0.3) is 0 Å². The van der Waals surface area contributed by atoms with E-state index in [1.165, 1.54) is 0 Å². The lowest BCUT2D eigenvalue weighted by Crippen LogP contribution is -2.12. The molecule has 4 nitrogen and oxygen atoms in total. The summed E-state index contributed by atoms with van der Waals surface area (Å²) in [7, 11) is 1.92. The van der Waals surface area contributed by atoms with Crippen molar-refractivity contribution in [2.24, 2.45) is 0 Å². The van der Waals surface area contributed by atoms with Gasteiger partial charge in [-0.25, -0.2) is 4.98 Å². The zero-order valence-corrected chi connectivity index (χ0v) is 14.5. The highest BCUT2D eigenvalue weighted by atomic mass is 79.9. The predicted octanol–water partition coefficient (Wildman–Crippen LogP) is 4.61. The molecule has 5 heteroatoms. The zero-order chi connectivity index (χ0) is 15.8. The van der Waals surface area contributed by atoms with E-state index in [4.69, 9.17) is 9.47 Å². The first-order chi connectivity index (χ1) is 10.7. The fourth-order valence-corrected chi connectivity index (χ4v) is 2.31. The van der Waals surface area contributed by atoms with Gasteiger partial charge < -0.3 is 14.8 Å². The number of benzene rings is 1. The molecule has 0 saturated heterocycles. The smallest absolute Gasteiger partial charge is 0.257 e. The van der Waals surface area contributed by atoms with E-state index in [1.807, 2.05) is 50.4 Å². The molecule has 2 aromatic rings. The first-order valence-corrected chi connectivity index (χ1v) is 8.14. The zero-order valence-electron chi connectivity index (χ0n) is 12.9. The Balaban J connectivity index is 0.00000264. The van der Waals surface area contributed by atoms with Crippen LogP contribution >= 0.6 is 15.9 Å². The Labute approximate surface area is 147 Å². The van der Waals surface area contributed by atoms with Gasteiger partial charge in [-0.3, -0.25) is 0 Å². The minimum absolute atomic E-state index is 0. The van der Waals surface area contributed by atoms with Crippen LogP contribution in [0.3, 0.4) is 0 Å². The number of rotatable bonds is 8. The largest absolute Gasteiger partial charge is 0.480 e. The molecule has 126 valence electrons. The minimum atomic E-state index is -0.0723. The maximum absolute atomic E-state index is 6.04. The second kappa shape index (κ2) is 10.2. The van der Waals surface area contributed by atoms with Gasteiger partial charge in [0.1, 0.15) is 6.10 Å². The fourth-order valence-electron chi connectivity index (χ4n) is 2.00. The van der Waals surface area contributed by atoms with Crippen LogP contribution in [0, 0.1) is 0 Å². The van der Waals surface area contributed by atoms with Crippen molar-refractivity contribution in [2.75, 3.05) is 20.2 Å². The van der Waals surface area contributed by atoms with E-state index in [9.17, 15) is 0 Å². The highest BCUT2D eigenvalue weighted by Crippen LogP contribution is 2.31. The molecule has 1 heterocycles. The van der Waals surface area contributed by atoms with E-state index in [0.29, 0.717) is 18.2 Å². The van der Waals surface area contributed by atoms with Gasteiger partial charge >= 0.3 is 0 Å². The molecule has 2 rings (SSSR count). The van der Waals surface area contributed by atoms with Crippen molar-refractivity contribution in [3.05, 3.63) is 52.6 Å². The Hall–Kier alpha value is -1.59. The maximum Gasteiger partial charge on any atom is 0.257 e. The van der Waals surface area contributed by atoms with E-state index in [-0.39, 0.29) is 13.5 Å². The highest BCUT2D eigenvalue weighted by Gasteiger charge is 2.13. The third-order valence-electron chi connectivity index (χ3n) is 3.17. The topological polar surface area (TPSA) is 43.4 Å². The highest BCUT2D eigenvalue weighted by molar-refractivity contribution is 9.10. The summed E-state index contributed by atoms with van der Waals surface area (Å²) >= 11 is 3.43. The molecule has 0 spiro atoms. The number of hydrogen-bond acceptors (Lipinski definition) is 4. The summed E-state index contributed by atoms with van der Waals surface area (Å²) < 4.78 is 12.6. The Kier molecular flexibility index (Phi) is 8.66. The SMILES string of the molecule is C.CNCCCOc1ncc(Br)cc1OC(C)c1ccccc1. The van der Waals surface area contributed by atoms with Gasteiger partial charge in [0.2, 0.25) is 0 Å². The Bertz CT molecular complexity index is 578. The summed E-state index contributed by atoms with van der Waals surface area (Å²) in [6, 6.07) is 12.0. The summed E-state index contributed by atoms with van der Waals surface area (Å²) in [6.45, 7) is 3.53. The number of nitrogens with one attached hydrogen (secondary N) is 1. The molecule has 1 unspecified atom stereocenters. The summed E-state index contributed by atoms with van der Waals surface area (Å²) in [4.78, 5) is 4.31. The molecule has 0 aliphatic heterocycles. The van der Waals surface area contributed by atoms with Gasteiger partial charge in [-0.05, 0) is 48.4 Å². The molecule has 0 bridgehead atoms. The van der Waals surface area contributed by atoms with Crippen LogP contribution in [0.4, 0.5) is 0 Å². The van der Waals surface area contributed by atoms with Crippen LogP contribution in [-0.4, -0.2) is 25.2 Å². The van der Waals surface area contributed by atoms with Gasteiger partial charge in [0, 0.05) is 16.7 Å². The summed E-state index contributed by atoms with van der Waals surface area (Å²) in [5, 5.41) is 3.09. The molecular weight excluding hydrogens is 356 g/mol. The lowest BCUT2D eigenvalue weighted by Gasteiger charge is -2.17. The maximum atomic E-state index is 6.04. The Morgan fingerprint density at radius 2 is 2.00 bits per heavy atom. The number of pyridine rings is 1. The van der Waals surface area contributed by atoms with Crippen molar-refractivity contribution in [3.8, 4) is 11.6 Å². The van der Waals surface area contributed by atoms with E-state index >= 15 is 0 Å². The summed E-state index contributed by atoms with van der Waals surface area (Å²) in [5.74, 6) is 1.18. The van der Waals surface area contributed by atoms with E-state index in [0.717, 1.165) is 23.0 Å². The molecule has 0 aliphatic rings. The van der Waals surface area contributed by atoms with E-state index in [1.54, 1.807) is 6.20 Å². The van der Waals surface area contributed by atoms with Crippen LogP contribution in [0.2, 0.25) is 0 Å². The summed E-state index contributed by atoms with van der Waals surface area (Å²) in [6.07, 6.45) is 2.56. The van der Waals surface area contributed by atoms with Crippen LogP contribution in [0.5, 0.6) is 11.6 Å². The fraction of sp³-hybridized carbons (Fsp3) is 0.389. The normalized spacial score (nSPS) is 11.4. The number of ether oxygens (including phenoxy) is 2. The Morgan fingerprint density at radius 3 is 2.70 bits per heavy atom. The first-order valence-electron chi connectivity index (χ1n) is 7.35. The van der Waals surface area contributed by atoms with Gasteiger partial charge in [0.25, 0.3) is 5.88 Å². The molecule has 1 atom stereocenters. The van der Waals surface area contributed by atoms with Crippen LogP contribution in [0.1, 0.15) is 32.4 Å². The Morgan fingerprint density at radius 1 is 1.26 bits per heavy atom. The molecule has 1 aromatic heterocycles. The molecule has 23 heavy (non-hydrogen) atoms. The van der Waals surface area contributed by atoms with Gasteiger partial charge in [-0.1, -0.05) is 37.8 Å². The van der Waals surface area contributed by atoms with Crippen LogP contribution < -0.4 is 14.8 Å². The van der Waals surface area contributed by atoms with Crippen molar-refractivity contribution < 1.29 is 9.47 Å². The van der Waals surface area contributed by atoms with Gasteiger partial charge in [-0.2, -0.15) is 0 Å². The molecule has 0 aliphatic carbocycles. The molecule has 0 saturated carbocycles. The van der Waals surface area contributed by atoms with Gasteiger partial charge in [0.15, 0.2) is 5.75 Å². The monoisotopic (exact) mass is 380 g/mol. The van der Waals surface area contributed by atoms with Gasteiger partial charge in [0.05, 0.1) is 6.61 Å². The van der Waals surface area contributed by atoms with Gasteiger partial charge in [-0.15, -0.1) is 0 Å². The molecule has 0 radical (unpaired) electrons. The number of halogens is 1. The van der Waals surface area contributed by atoms with Crippen molar-refractivity contribution in [2.45, 2.75) is 26.9 Å².